The predicted molar refractivity (Wildman–Crippen MR) is 92.0 cm³/mol. The average molecular weight is 318 g/mol. The summed E-state index contributed by atoms with van der Waals surface area (Å²) in [6.07, 6.45) is 0.462. The van der Waals surface area contributed by atoms with E-state index in [9.17, 15) is 4.79 Å². The maximum Gasteiger partial charge on any atom is 0.206 e. The van der Waals surface area contributed by atoms with Crippen molar-refractivity contribution in [3.63, 3.8) is 0 Å². The van der Waals surface area contributed by atoms with Crippen molar-refractivity contribution in [2.75, 3.05) is 0 Å². The molecule has 0 aromatic heterocycles. The molecule has 1 aliphatic heterocycles. The van der Waals surface area contributed by atoms with Crippen LogP contribution in [0.4, 0.5) is 0 Å². The van der Waals surface area contributed by atoms with E-state index in [4.69, 9.17) is 9.47 Å². The monoisotopic (exact) mass is 318 g/mol. The van der Waals surface area contributed by atoms with E-state index in [-0.39, 0.29) is 11.9 Å². The zero-order valence-corrected chi connectivity index (χ0v) is 13.4. The number of benzene rings is 2. The van der Waals surface area contributed by atoms with Gasteiger partial charge in [0.05, 0.1) is 6.61 Å². The Morgan fingerprint density at radius 3 is 2.38 bits per heavy atom. The summed E-state index contributed by atoms with van der Waals surface area (Å²) in [6.45, 7) is 2.19. The molecular weight excluding hydrogens is 300 g/mol. The van der Waals surface area contributed by atoms with Gasteiger partial charge in [0.1, 0.15) is 17.9 Å². The normalized spacial score (nSPS) is 19.7. The molecule has 0 spiro atoms. The summed E-state index contributed by atoms with van der Waals surface area (Å²) < 4.78 is 11.3. The topological polar surface area (TPSA) is 35.5 Å². The number of Topliss-reactive ketones (excluding diaryl/α,β-unsaturated/α-hetero) is 1. The molecule has 0 unspecified atom stereocenters. The van der Waals surface area contributed by atoms with E-state index in [1.807, 2.05) is 67.6 Å². The van der Waals surface area contributed by atoms with E-state index in [1.54, 1.807) is 0 Å². The second-order valence-electron chi connectivity index (χ2n) is 5.57. The molecule has 0 N–H and O–H groups in total. The van der Waals surface area contributed by atoms with Gasteiger partial charge in [-0.2, -0.15) is 0 Å². The molecule has 0 aliphatic carbocycles. The Hall–Kier alpha value is -2.83. The first-order valence-corrected chi connectivity index (χ1v) is 7.86. The van der Waals surface area contributed by atoms with Crippen molar-refractivity contribution in [1.29, 1.82) is 0 Å². The molecule has 24 heavy (non-hydrogen) atoms. The standard InChI is InChI=1S/C21H18O3/c1-16-21(24-14-18-10-6-3-7-11-18)20(22)19(15-23-16)13-12-17-8-4-2-5-9-17/h2-11,15-16,21H,14H2,1H3/t16-,21-/m0/s1. The fourth-order valence-electron chi connectivity index (χ4n) is 2.39. The number of hydrogen-bond acceptors (Lipinski definition) is 3. The number of ether oxygens (including phenoxy) is 2. The van der Waals surface area contributed by atoms with E-state index >= 15 is 0 Å². The van der Waals surface area contributed by atoms with Crippen molar-refractivity contribution in [3.05, 3.63) is 83.6 Å². The van der Waals surface area contributed by atoms with Gasteiger partial charge in [0.25, 0.3) is 0 Å². The van der Waals surface area contributed by atoms with Crippen molar-refractivity contribution in [2.45, 2.75) is 25.7 Å². The summed E-state index contributed by atoms with van der Waals surface area (Å²) in [5.41, 5.74) is 2.21. The first kappa shape index (κ1) is 16.0. The molecule has 0 saturated carbocycles. The third kappa shape index (κ3) is 3.92. The number of rotatable bonds is 3. The lowest BCUT2D eigenvalue weighted by atomic mass is 10.0. The van der Waals surface area contributed by atoms with E-state index in [2.05, 4.69) is 11.8 Å². The molecule has 1 aliphatic rings. The molecule has 3 heteroatoms. The Labute approximate surface area is 141 Å². The maximum atomic E-state index is 12.6. The van der Waals surface area contributed by atoms with Crippen molar-refractivity contribution in [2.24, 2.45) is 0 Å². The van der Waals surface area contributed by atoms with Crippen LogP contribution in [0.2, 0.25) is 0 Å². The quantitative estimate of drug-likeness (QED) is 0.813. The molecule has 2 aromatic rings. The minimum absolute atomic E-state index is 0.131. The molecule has 0 radical (unpaired) electrons. The summed E-state index contributed by atoms with van der Waals surface area (Å²) in [4.78, 5) is 12.6. The first-order chi connectivity index (χ1) is 11.7. The van der Waals surface area contributed by atoms with Crippen LogP contribution in [0.1, 0.15) is 18.1 Å². The predicted octanol–water partition coefficient (Wildman–Crippen LogP) is 3.50. The summed E-state index contributed by atoms with van der Waals surface area (Å²) in [6, 6.07) is 19.3. The van der Waals surface area contributed by atoms with Gasteiger partial charge in [-0.25, -0.2) is 0 Å². The fraction of sp³-hybridized carbons (Fsp3) is 0.190. The zero-order chi connectivity index (χ0) is 16.8. The molecule has 120 valence electrons. The van der Waals surface area contributed by atoms with Gasteiger partial charge in [-0.15, -0.1) is 0 Å². The third-order valence-electron chi connectivity index (χ3n) is 3.74. The van der Waals surface area contributed by atoms with Crippen LogP contribution in [-0.4, -0.2) is 18.0 Å². The Morgan fingerprint density at radius 2 is 1.67 bits per heavy atom. The number of carbonyl (C=O) groups is 1. The number of carbonyl (C=O) groups excluding carboxylic acids is 1. The summed E-state index contributed by atoms with van der Waals surface area (Å²) >= 11 is 0. The van der Waals surface area contributed by atoms with Gasteiger partial charge >= 0.3 is 0 Å². The van der Waals surface area contributed by atoms with E-state index in [1.165, 1.54) is 6.26 Å². The van der Waals surface area contributed by atoms with Crippen LogP contribution in [0, 0.1) is 11.8 Å². The first-order valence-electron chi connectivity index (χ1n) is 7.86. The molecule has 0 amide bonds. The molecule has 3 rings (SSSR count). The molecule has 2 atom stereocenters. The van der Waals surface area contributed by atoms with Crippen LogP contribution >= 0.6 is 0 Å². The highest BCUT2D eigenvalue weighted by Gasteiger charge is 2.32. The summed E-state index contributed by atoms with van der Waals surface area (Å²) in [5.74, 6) is 5.74. The van der Waals surface area contributed by atoms with Crippen LogP contribution in [0.5, 0.6) is 0 Å². The van der Waals surface area contributed by atoms with Crippen molar-refractivity contribution in [1.82, 2.24) is 0 Å². The fourth-order valence-corrected chi connectivity index (χ4v) is 2.39. The average Bonchev–Trinajstić information content (AvgIpc) is 2.63. The Kier molecular flexibility index (Phi) is 5.10. The second-order valence-corrected chi connectivity index (χ2v) is 5.57. The highest BCUT2D eigenvalue weighted by molar-refractivity contribution is 6.03. The molecule has 0 saturated heterocycles. The molecule has 0 fully saturated rings. The lowest BCUT2D eigenvalue weighted by Gasteiger charge is -2.26. The van der Waals surface area contributed by atoms with Crippen molar-refractivity contribution < 1.29 is 14.3 Å². The Morgan fingerprint density at radius 1 is 1.00 bits per heavy atom. The molecule has 0 bridgehead atoms. The Balaban J connectivity index is 1.70. The van der Waals surface area contributed by atoms with Crippen LogP contribution in [0.3, 0.4) is 0 Å². The van der Waals surface area contributed by atoms with Gasteiger partial charge < -0.3 is 9.47 Å². The van der Waals surface area contributed by atoms with Gasteiger partial charge in [0.15, 0.2) is 6.10 Å². The lowest BCUT2D eigenvalue weighted by molar-refractivity contribution is -0.138. The summed E-state index contributed by atoms with van der Waals surface area (Å²) in [5, 5.41) is 0. The minimum Gasteiger partial charge on any atom is -0.494 e. The van der Waals surface area contributed by atoms with E-state index < -0.39 is 6.10 Å². The molecule has 3 nitrogen and oxygen atoms in total. The van der Waals surface area contributed by atoms with Crippen molar-refractivity contribution >= 4 is 5.78 Å². The zero-order valence-electron chi connectivity index (χ0n) is 13.4. The van der Waals surface area contributed by atoms with Crippen LogP contribution in [0.25, 0.3) is 0 Å². The lowest BCUT2D eigenvalue weighted by Crippen LogP contribution is -2.39. The van der Waals surface area contributed by atoms with E-state index in [0.29, 0.717) is 12.2 Å². The molecule has 2 aromatic carbocycles. The largest absolute Gasteiger partial charge is 0.494 e. The maximum absolute atomic E-state index is 12.6. The molecule has 1 heterocycles. The van der Waals surface area contributed by atoms with Gasteiger partial charge in [-0.1, -0.05) is 60.4 Å². The highest BCUT2D eigenvalue weighted by atomic mass is 16.5. The third-order valence-corrected chi connectivity index (χ3v) is 3.74. The van der Waals surface area contributed by atoms with Gasteiger partial charge in [0.2, 0.25) is 5.78 Å². The van der Waals surface area contributed by atoms with Gasteiger partial charge in [0, 0.05) is 5.56 Å². The smallest absolute Gasteiger partial charge is 0.206 e. The van der Waals surface area contributed by atoms with Gasteiger partial charge in [-0.05, 0) is 24.6 Å². The van der Waals surface area contributed by atoms with Crippen molar-refractivity contribution in [3.8, 4) is 11.8 Å². The Bertz CT molecular complexity index is 782. The summed E-state index contributed by atoms with van der Waals surface area (Å²) in [7, 11) is 0. The number of hydrogen-bond donors (Lipinski definition) is 0. The molecular formula is C21H18O3. The SMILES string of the molecule is C[C@@H]1OC=C(C#Cc2ccccc2)C(=O)[C@H]1OCc1ccccc1. The van der Waals surface area contributed by atoms with Crippen LogP contribution < -0.4 is 0 Å². The second kappa shape index (κ2) is 7.63. The highest BCUT2D eigenvalue weighted by Crippen LogP contribution is 2.19. The van der Waals surface area contributed by atoms with Gasteiger partial charge in [-0.3, -0.25) is 4.79 Å². The number of ketones is 1. The van der Waals surface area contributed by atoms with Crippen LogP contribution in [-0.2, 0) is 20.9 Å². The van der Waals surface area contributed by atoms with E-state index in [0.717, 1.165) is 11.1 Å². The van der Waals surface area contributed by atoms with Crippen LogP contribution in [0.15, 0.2) is 72.5 Å². The minimum atomic E-state index is -0.643.